The van der Waals surface area contributed by atoms with Crippen LogP contribution in [0.15, 0.2) is 23.1 Å². The summed E-state index contributed by atoms with van der Waals surface area (Å²) in [6, 6.07) is 4.66. The van der Waals surface area contributed by atoms with Gasteiger partial charge in [0.25, 0.3) is 0 Å². The van der Waals surface area contributed by atoms with Crippen molar-refractivity contribution >= 4 is 10.0 Å². The fourth-order valence-corrected chi connectivity index (χ4v) is 4.83. The van der Waals surface area contributed by atoms with E-state index in [1.165, 1.54) is 12.1 Å². The van der Waals surface area contributed by atoms with E-state index in [1.807, 2.05) is 0 Å². The molecular weight excluding hydrogens is 304 g/mol. The molecule has 122 valence electrons. The van der Waals surface area contributed by atoms with Crippen LogP contribution < -0.4 is 19.9 Å². The van der Waals surface area contributed by atoms with Crippen LogP contribution in [-0.2, 0) is 10.0 Å². The molecule has 1 aromatic carbocycles. The van der Waals surface area contributed by atoms with E-state index in [0.29, 0.717) is 18.0 Å². The molecule has 2 unspecified atom stereocenters. The summed E-state index contributed by atoms with van der Waals surface area (Å²) in [5.41, 5.74) is 5.37. The molecule has 0 aromatic heterocycles. The molecule has 0 amide bonds. The van der Waals surface area contributed by atoms with Crippen molar-refractivity contribution in [1.29, 1.82) is 0 Å². The highest BCUT2D eigenvalue weighted by Gasteiger charge is 2.40. The Labute approximate surface area is 131 Å². The average molecular weight is 326 g/mol. The lowest BCUT2D eigenvalue weighted by atomic mass is 9.74. The number of nitrogens with two attached hydrogens (primary N) is 1. The van der Waals surface area contributed by atoms with Gasteiger partial charge in [-0.3, -0.25) is 0 Å². The molecule has 6 nitrogen and oxygen atoms in total. The number of nitrogens with one attached hydrogen (secondary N) is 1. The third kappa shape index (κ3) is 2.68. The minimum absolute atomic E-state index is 0.121. The molecule has 22 heavy (non-hydrogen) atoms. The van der Waals surface area contributed by atoms with Gasteiger partial charge in [-0.15, -0.1) is 0 Å². The summed E-state index contributed by atoms with van der Waals surface area (Å²) in [7, 11) is -3.65. The summed E-state index contributed by atoms with van der Waals surface area (Å²) in [6.07, 6.45) is 3.87. The zero-order valence-corrected chi connectivity index (χ0v) is 13.5. The number of hydrogen-bond donors (Lipinski definition) is 2. The van der Waals surface area contributed by atoms with Crippen LogP contribution in [0.4, 0.5) is 0 Å². The van der Waals surface area contributed by atoms with Gasteiger partial charge >= 0.3 is 0 Å². The molecule has 0 saturated heterocycles. The third-order valence-electron chi connectivity index (χ3n) is 4.81. The van der Waals surface area contributed by atoms with E-state index in [-0.39, 0.29) is 17.6 Å². The van der Waals surface area contributed by atoms with E-state index < -0.39 is 15.6 Å². The largest absolute Gasteiger partial charge is 0.454 e. The summed E-state index contributed by atoms with van der Waals surface area (Å²) < 4.78 is 38.8. The average Bonchev–Trinajstić information content (AvgIpc) is 2.97. The standard InChI is InChI=1S/C15H22N2O4S/c1-11-4-2-3-7-15(11,9-16)17-22(18,19)12-5-6-13-14(8-12)21-10-20-13/h5-6,8,11,17H,2-4,7,9-10,16H2,1H3. The quantitative estimate of drug-likeness (QED) is 0.877. The van der Waals surface area contributed by atoms with E-state index in [2.05, 4.69) is 11.6 Å². The van der Waals surface area contributed by atoms with Crippen LogP contribution in [0.3, 0.4) is 0 Å². The van der Waals surface area contributed by atoms with Gasteiger partial charge in [0.1, 0.15) is 0 Å². The Kier molecular flexibility index (Phi) is 4.05. The van der Waals surface area contributed by atoms with Crippen molar-refractivity contribution in [2.75, 3.05) is 13.3 Å². The molecule has 1 aromatic rings. The number of fused-ring (bicyclic) bond motifs is 1. The SMILES string of the molecule is CC1CCCCC1(CN)NS(=O)(=O)c1ccc2c(c1)OCO2. The number of ether oxygens (including phenoxy) is 2. The maximum absolute atomic E-state index is 12.7. The monoisotopic (exact) mass is 326 g/mol. The Hall–Kier alpha value is -1.31. The van der Waals surface area contributed by atoms with Crippen molar-refractivity contribution in [3.63, 3.8) is 0 Å². The molecule has 1 aliphatic heterocycles. The van der Waals surface area contributed by atoms with E-state index >= 15 is 0 Å². The Morgan fingerprint density at radius 2 is 2.09 bits per heavy atom. The van der Waals surface area contributed by atoms with Crippen molar-refractivity contribution < 1.29 is 17.9 Å². The summed E-state index contributed by atoms with van der Waals surface area (Å²) >= 11 is 0. The van der Waals surface area contributed by atoms with Crippen molar-refractivity contribution in [3.8, 4) is 11.5 Å². The van der Waals surface area contributed by atoms with Crippen molar-refractivity contribution in [2.24, 2.45) is 11.7 Å². The molecule has 3 N–H and O–H groups in total. The summed E-state index contributed by atoms with van der Waals surface area (Å²) in [4.78, 5) is 0.183. The smallest absolute Gasteiger partial charge is 0.241 e. The lowest BCUT2D eigenvalue weighted by Crippen LogP contribution is -2.58. The maximum atomic E-state index is 12.7. The second-order valence-electron chi connectivity index (χ2n) is 6.13. The van der Waals surface area contributed by atoms with Crippen molar-refractivity contribution in [3.05, 3.63) is 18.2 Å². The first kappa shape index (κ1) is 15.6. The third-order valence-corrected chi connectivity index (χ3v) is 6.36. The van der Waals surface area contributed by atoms with Crippen LogP contribution in [0.1, 0.15) is 32.6 Å². The minimum atomic E-state index is -3.65. The molecule has 0 spiro atoms. The fraction of sp³-hybridized carbons (Fsp3) is 0.600. The second-order valence-corrected chi connectivity index (χ2v) is 7.81. The summed E-state index contributed by atoms with van der Waals surface area (Å²) in [6.45, 7) is 2.49. The highest BCUT2D eigenvalue weighted by molar-refractivity contribution is 7.89. The van der Waals surface area contributed by atoms with E-state index in [1.54, 1.807) is 6.07 Å². The van der Waals surface area contributed by atoms with Gasteiger partial charge in [0.15, 0.2) is 11.5 Å². The lowest BCUT2D eigenvalue weighted by Gasteiger charge is -2.42. The summed E-state index contributed by atoms with van der Waals surface area (Å²) in [5, 5.41) is 0. The van der Waals surface area contributed by atoms with Crippen LogP contribution in [0.2, 0.25) is 0 Å². The normalized spacial score (nSPS) is 27.8. The fourth-order valence-electron chi connectivity index (χ4n) is 3.28. The summed E-state index contributed by atoms with van der Waals surface area (Å²) in [5.74, 6) is 1.25. The van der Waals surface area contributed by atoms with Gasteiger partial charge in [-0.25, -0.2) is 13.1 Å². The first-order valence-corrected chi connectivity index (χ1v) is 9.09. The Morgan fingerprint density at radius 1 is 1.32 bits per heavy atom. The second kappa shape index (κ2) is 5.72. The Morgan fingerprint density at radius 3 is 2.82 bits per heavy atom. The van der Waals surface area contributed by atoms with Gasteiger partial charge in [0.05, 0.1) is 4.90 Å². The number of sulfonamides is 1. The molecule has 7 heteroatoms. The maximum Gasteiger partial charge on any atom is 0.241 e. The first-order chi connectivity index (χ1) is 10.5. The van der Waals surface area contributed by atoms with Gasteiger partial charge in [-0.2, -0.15) is 0 Å². The van der Waals surface area contributed by atoms with Gasteiger partial charge in [-0.05, 0) is 30.9 Å². The van der Waals surface area contributed by atoms with E-state index in [0.717, 1.165) is 25.7 Å². The van der Waals surface area contributed by atoms with Gasteiger partial charge in [-0.1, -0.05) is 19.8 Å². The highest BCUT2D eigenvalue weighted by atomic mass is 32.2. The zero-order valence-electron chi connectivity index (χ0n) is 12.7. The van der Waals surface area contributed by atoms with Crippen molar-refractivity contribution in [1.82, 2.24) is 4.72 Å². The van der Waals surface area contributed by atoms with Crippen LogP contribution in [0.25, 0.3) is 0 Å². The first-order valence-electron chi connectivity index (χ1n) is 7.60. The molecule has 3 rings (SSSR count). The van der Waals surface area contributed by atoms with Gasteiger partial charge in [0, 0.05) is 18.2 Å². The minimum Gasteiger partial charge on any atom is -0.454 e. The number of benzene rings is 1. The Bertz CT molecular complexity index is 662. The molecule has 1 heterocycles. The Balaban J connectivity index is 1.89. The molecule has 2 aliphatic rings. The van der Waals surface area contributed by atoms with Crippen LogP contribution in [-0.4, -0.2) is 27.3 Å². The number of hydrogen-bond acceptors (Lipinski definition) is 5. The lowest BCUT2D eigenvalue weighted by molar-refractivity contribution is 0.174. The predicted octanol–water partition coefficient (Wildman–Crippen LogP) is 1.60. The van der Waals surface area contributed by atoms with E-state index in [9.17, 15) is 8.42 Å². The van der Waals surface area contributed by atoms with Gasteiger partial charge < -0.3 is 15.2 Å². The molecule has 2 atom stereocenters. The topological polar surface area (TPSA) is 90.7 Å². The molecule has 0 radical (unpaired) electrons. The highest BCUT2D eigenvalue weighted by Crippen LogP contribution is 2.36. The van der Waals surface area contributed by atoms with Gasteiger partial charge in [0.2, 0.25) is 16.8 Å². The van der Waals surface area contributed by atoms with Crippen LogP contribution >= 0.6 is 0 Å². The zero-order chi connectivity index (χ0) is 15.8. The molecular formula is C15H22N2O4S. The molecule has 0 bridgehead atoms. The van der Waals surface area contributed by atoms with Crippen LogP contribution in [0.5, 0.6) is 11.5 Å². The van der Waals surface area contributed by atoms with E-state index in [4.69, 9.17) is 15.2 Å². The molecule has 1 fully saturated rings. The molecule has 1 saturated carbocycles. The predicted molar refractivity (Wildman–Crippen MR) is 82.3 cm³/mol. The van der Waals surface area contributed by atoms with Crippen LogP contribution in [0, 0.1) is 5.92 Å². The molecule has 1 aliphatic carbocycles. The number of rotatable bonds is 4. The van der Waals surface area contributed by atoms with Crippen molar-refractivity contribution in [2.45, 2.75) is 43.0 Å².